The number of hydrogen-bond donors (Lipinski definition) is 1. The molecule has 3 unspecified atom stereocenters. The lowest BCUT2D eigenvalue weighted by Crippen LogP contribution is -2.60. The van der Waals surface area contributed by atoms with E-state index in [0.29, 0.717) is 6.04 Å². The van der Waals surface area contributed by atoms with Crippen molar-refractivity contribution in [1.82, 2.24) is 10.3 Å². The summed E-state index contributed by atoms with van der Waals surface area (Å²) in [5.74, 6) is 0.817. The van der Waals surface area contributed by atoms with Crippen LogP contribution >= 0.6 is 0 Å². The van der Waals surface area contributed by atoms with Gasteiger partial charge in [-0.05, 0) is 25.6 Å². The molecule has 0 aromatic carbocycles. The quantitative estimate of drug-likeness (QED) is 0.815. The number of pyridine rings is 1. The van der Waals surface area contributed by atoms with Gasteiger partial charge in [0.2, 0.25) is 0 Å². The Morgan fingerprint density at radius 2 is 2.41 bits per heavy atom. The molecule has 1 aromatic rings. The molecule has 1 saturated carbocycles. The molecular weight excluding hydrogens is 216 g/mol. The number of hydrogen-bond acceptors (Lipinski definition) is 4. The molecule has 0 aliphatic heterocycles. The second kappa shape index (κ2) is 5.98. The van der Waals surface area contributed by atoms with E-state index in [9.17, 15) is 0 Å². The van der Waals surface area contributed by atoms with E-state index in [4.69, 9.17) is 9.47 Å². The van der Waals surface area contributed by atoms with Crippen LogP contribution in [0.15, 0.2) is 24.5 Å². The number of nitrogens with one attached hydrogen (secondary N) is 1. The molecule has 4 nitrogen and oxygen atoms in total. The minimum absolute atomic E-state index is 0.142. The fraction of sp³-hybridized carbons (Fsp3) is 0.615. The van der Waals surface area contributed by atoms with Gasteiger partial charge in [-0.1, -0.05) is 6.92 Å². The molecule has 1 aromatic heterocycles. The van der Waals surface area contributed by atoms with Crippen LogP contribution in [0.1, 0.15) is 19.8 Å². The predicted molar refractivity (Wildman–Crippen MR) is 66.1 cm³/mol. The number of ether oxygens (including phenoxy) is 2. The summed E-state index contributed by atoms with van der Waals surface area (Å²) >= 11 is 0. The van der Waals surface area contributed by atoms with Crippen molar-refractivity contribution in [3.05, 3.63) is 24.5 Å². The highest BCUT2D eigenvalue weighted by atomic mass is 16.5. The van der Waals surface area contributed by atoms with Gasteiger partial charge < -0.3 is 14.8 Å². The lowest BCUT2D eigenvalue weighted by atomic mass is 9.85. The Morgan fingerprint density at radius 3 is 3.06 bits per heavy atom. The van der Waals surface area contributed by atoms with Crippen LogP contribution in [0.2, 0.25) is 0 Å². The second-order valence-corrected chi connectivity index (χ2v) is 4.31. The fourth-order valence-electron chi connectivity index (χ4n) is 2.05. The molecule has 1 heterocycles. The van der Waals surface area contributed by atoms with Gasteiger partial charge in [0.05, 0.1) is 6.20 Å². The van der Waals surface area contributed by atoms with Gasteiger partial charge in [0, 0.05) is 25.3 Å². The van der Waals surface area contributed by atoms with Crippen molar-refractivity contribution in [2.45, 2.75) is 38.0 Å². The molecule has 1 aliphatic rings. The topological polar surface area (TPSA) is 43.4 Å². The number of likely N-dealkylation sites (N-methyl/N-ethyl adjacent to an activating group) is 1. The molecule has 4 heteroatoms. The summed E-state index contributed by atoms with van der Waals surface area (Å²) in [4.78, 5) is 4.04. The van der Waals surface area contributed by atoms with E-state index >= 15 is 0 Å². The Balaban J connectivity index is 1.88. The summed E-state index contributed by atoms with van der Waals surface area (Å²) in [5.41, 5.74) is 0. The first kappa shape index (κ1) is 12.3. The van der Waals surface area contributed by atoms with Crippen LogP contribution in [0.3, 0.4) is 0 Å². The zero-order valence-electron chi connectivity index (χ0n) is 10.4. The highest BCUT2D eigenvalue weighted by molar-refractivity contribution is 5.17. The first-order chi connectivity index (χ1) is 8.35. The summed E-state index contributed by atoms with van der Waals surface area (Å²) in [5, 5.41) is 3.26. The van der Waals surface area contributed by atoms with E-state index in [1.807, 2.05) is 19.2 Å². The fourth-order valence-corrected chi connectivity index (χ4v) is 2.05. The summed E-state index contributed by atoms with van der Waals surface area (Å²) in [6.07, 6.45) is 5.80. The first-order valence-electron chi connectivity index (χ1n) is 6.20. The molecule has 1 N–H and O–H groups in total. The highest BCUT2D eigenvalue weighted by Gasteiger charge is 2.42. The van der Waals surface area contributed by atoms with E-state index in [1.54, 1.807) is 12.4 Å². The Morgan fingerprint density at radius 1 is 1.53 bits per heavy atom. The summed E-state index contributed by atoms with van der Waals surface area (Å²) in [6.45, 7) is 2.90. The third kappa shape index (κ3) is 2.96. The van der Waals surface area contributed by atoms with Gasteiger partial charge in [-0.15, -0.1) is 0 Å². The molecule has 0 bridgehead atoms. The SMILES string of the molecule is CCCOC1C(NC)CC1Oc1cccnc1. The van der Waals surface area contributed by atoms with E-state index in [2.05, 4.69) is 17.2 Å². The Kier molecular flexibility index (Phi) is 4.34. The van der Waals surface area contributed by atoms with Crippen LogP contribution in [0.4, 0.5) is 0 Å². The Labute approximate surface area is 102 Å². The average Bonchev–Trinajstić information content (AvgIpc) is 2.35. The molecule has 1 fully saturated rings. The lowest BCUT2D eigenvalue weighted by molar-refractivity contribution is -0.106. The molecule has 1 aliphatic carbocycles. The van der Waals surface area contributed by atoms with Gasteiger partial charge in [0.1, 0.15) is 18.0 Å². The van der Waals surface area contributed by atoms with Crippen molar-refractivity contribution in [1.29, 1.82) is 0 Å². The summed E-state index contributed by atoms with van der Waals surface area (Å²) < 4.78 is 11.7. The summed E-state index contributed by atoms with van der Waals surface area (Å²) in [7, 11) is 1.97. The van der Waals surface area contributed by atoms with Crippen molar-refractivity contribution >= 4 is 0 Å². The lowest BCUT2D eigenvalue weighted by Gasteiger charge is -2.43. The van der Waals surface area contributed by atoms with Crippen molar-refractivity contribution in [3.63, 3.8) is 0 Å². The van der Waals surface area contributed by atoms with Crippen LogP contribution < -0.4 is 10.1 Å². The maximum atomic E-state index is 5.86. The van der Waals surface area contributed by atoms with Gasteiger partial charge in [-0.3, -0.25) is 4.98 Å². The van der Waals surface area contributed by atoms with Crippen molar-refractivity contribution in [2.75, 3.05) is 13.7 Å². The van der Waals surface area contributed by atoms with Crippen LogP contribution in [0.5, 0.6) is 5.75 Å². The van der Waals surface area contributed by atoms with Crippen molar-refractivity contribution < 1.29 is 9.47 Å². The maximum Gasteiger partial charge on any atom is 0.138 e. The van der Waals surface area contributed by atoms with Gasteiger partial charge in [0.25, 0.3) is 0 Å². The molecule has 3 atom stereocenters. The van der Waals surface area contributed by atoms with Gasteiger partial charge in [-0.2, -0.15) is 0 Å². The first-order valence-corrected chi connectivity index (χ1v) is 6.20. The van der Waals surface area contributed by atoms with Crippen LogP contribution in [-0.4, -0.2) is 36.9 Å². The average molecular weight is 236 g/mol. The molecule has 0 radical (unpaired) electrons. The van der Waals surface area contributed by atoms with E-state index < -0.39 is 0 Å². The minimum atomic E-state index is 0.142. The van der Waals surface area contributed by atoms with Crippen LogP contribution in [0.25, 0.3) is 0 Å². The molecule has 0 spiro atoms. The van der Waals surface area contributed by atoms with Crippen molar-refractivity contribution in [2.24, 2.45) is 0 Å². The van der Waals surface area contributed by atoms with E-state index in [1.165, 1.54) is 0 Å². The smallest absolute Gasteiger partial charge is 0.138 e. The molecule has 2 rings (SSSR count). The number of rotatable bonds is 6. The van der Waals surface area contributed by atoms with E-state index in [-0.39, 0.29) is 12.2 Å². The second-order valence-electron chi connectivity index (χ2n) is 4.31. The predicted octanol–water partition coefficient (Wildman–Crippen LogP) is 1.62. The molecule has 94 valence electrons. The van der Waals surface area contributed by atoms with Gasteiger partial charge >= 0.3 is 0 Å². The zero-order chi connectivity index (χ0) is 12.1. The minimum Gasteiger partial charge on any atom is -0.486 e. The van der Waals surface area contributed by atoms with Crippen molar-refractivity contribution in [3.8, 4) is 5.75 Å². The third-order valence-corrected chi connectivity index (χ3v) is 3.06. The number of aromatic nitrogens is 1. The molecule has 0 saturated heterocycles. The standard InChI is InChI=1S/C13H20N2O2/c1-3-7-16-13-11(14-2)8-12(13)17-10-5-4-6-15-9-10/h4-6,9,11-14H,3,7-8H2,1-2H3. The van der Waals surface area contributed by atoms with Crippen LogP contribution in [0, 0.1) is 0 Å². The number of nitrogens with zero attached hydrogens (tertiary/aromatic N) is 1. The van der Waals surface area contributed by atoms with E-state index in [0.717, 1.165) is 25.2 Å². The molecule has 0 amide bonds. The van der Waals surface area contributed by atoms with Crippen LogP contribution in [-0.2, 0) is 4.74 Å². The van der Waals surface area contributed by atoms with Gasteiger partial charge in [-0.25, -0.2) is 0 Å². The summed E-state index contributed by atoms with van der Waals surface area (Å²) in [6, 6.07) is 4.21. The zero-order valence-corrected chi connectivity index (χ0v) is 10.4. The molecular formula is C13H20N2O2. The van der Waals surface area contributed by atoms with Gasteiger partial charge in [0.15, 0.2) is 0 Å². The normalized spacial score (nSPS) is 27.5. The largest absolute Gasteiger partial charge is 0.486 e. The molecule has 17 heavy (non-hydrogen) atoms. The highest BCUT2D eigenvalue weighted by Crippen LogP contribution is 2.28. The Bertz CT molecular complexity index is 331. The third-order valence-electron chi connectivity index (χ3n) is 3.06. The monoisotopic (exact) mass is 236 g/mol. The maximum absolute atomic E-state index is 5.86. The Hall–Kier alpha value is -1.13.